The van der Waals surface area contributed by atoms with Crippen molar-refractivity contribution in [2.45, 2.75) is 46.2 Å². The highest BCUT2D eigenvalue weighted by Crippen LogP contribution is 2.19. The first kappa shape index (κ1) is 17.8. The summed E-state index contributed by atoms with van der Waals surface area (Å²) in [6.07, 6.45) is 2.32. The van der Waals surface area contributed by atoms with E-state index >= 15 is 0 Å². The predicted molar refractivity (Wildman–Crippen MR) is 98.8 cm³/mol. The molecule has 1 aromatic carbocycles. The summed E-state index contributed by atoms with van der Waals surface area (Å²) in [4.78, 5) is 6.87. The molecule has 0 saturated heterocycles. The second kappa shape index (κ2) is 8.92. The number of nitrogens with zero attached hydrogens (tertiary/aromatic N) is 2. The molecule has 4 nitrogen and oxygen atoms in total. The second-order valence-electron chi connectivity index (χ2n) is 6.90. The van der Waals surface area contributed by atoms with E-state index in [1.54, 1.807) is 0 Å². The Bertz CT molecular complexity index is 510. The molecule has 0 amide bonds. The van der Waals surface area contributed by atoms with Gasteiger partial charge in [-0.3, -0.25) is 9.89 Å². The first-order valence-corrected chi connectivity index (χ1v) is 8.85. The fraction of sp³-hybridized carbons (Fsp3) is 0.632. The Kier molecular flexibility index (Phi) is 6.90. The van der Waals surface area contributed by atoms with Gasteiger partial charge in [-0.05, 0) is 36.8 Å². The van der Waals surface area contributed by atoms with E-state index < -0.39 is 0 Å². The monoisotopic (exact) mass is 316 g/mol. The van der Waals surface area contributed by atoms with Gasteiger partial charge in [-0.2, -0.15) is 0 Å². The number of nitrogens with one attached hydrogen (secondary N) is 2. The van der Waals surface area contributed by atoms with Crippen molar-refractivity contribution >= 4 is 5.96 Å². The van der Waals surface area contributed by atoms with Crippen LogP contribution in [0.5, 0.6) is 0 Å². The number of benzene rings is 1. The van der Waals surface area contributed by atoms with Gasteiger partial charge in [-0.25, -0.2) is 0 Å². The van der Waals surface area contributed by atoms with Crippen LogP contribution in [0.1, 0.15) is 38.3 Å². The summed E-state index contributed by atoms with van der Waals surface area (Å²) in [5, 5.41) is 6.86. The number of aliphatic imine (C=N–C) groups is 1. The molecule has 1 unspecified atom stereocenters. The summed E-state index contributed by atoms with van der Waals surface area (Å²) in [6.45, 7) is 10.9. The molecular weight excluding hydrogens is 284 g/mol. The molecule has 1 aliphatic heterocycles. The van der Waals surface area contributed by atoms with E-state index in [1.807, 2.05) is 7.05 Å². The molecule has 0 spiro atoms. The molecule has 0 bridgehead atoms. The van der Waals surface area contributed by atoms with Gasteiger partial charge in [-0.1, -0.05) is 38.1 Å². The fourth-order valence-electron chi connectivity index (χ4n) is 2.97. The predicted octanol–water partition coefficient (Wildman–Crippen LogP) is 2.64. The van der Waals surface area contributed by atoms with Gasteiger partial charge in [0.05, 0.1) is 0 Å². The van der Waals surface area contributed by atoms with Crippen molar-refractivity contribution in [2.75, 3.05) is 26.7 Å². The largest absolute Gasteiger partial charge is 0.356 e. The standard InChI is InChI=1S/C19H32N4/c1-15(2)9-11-21-19(20-4)22-13-16(3)23-12-10-17-7-5-6-8-18(17)14-23/h5-8,15-16H,9-14H2,1-4H3,(H2,20,21,22). The third-order valence-corrected chi connectivity index (χ3v) is 4.59. The maximum absolute atomic E-state index is 4.31. The lowest BCUT2D eigenvalue weighted by Gasteiger charge is -2.34. The van der Waals surface area contributed by atoms with Crippen molar-refractivity contribution in [3.63, 3.8) is 0 Å². The number of fused-ring (bicyclic) bond motifs is 1. The topological polar surface area (TPSA) is 39.7 Å². The van der Waals surface area contributed by atoms with Gasteiger partial charge in [0.1, 0.15) is 0 Å². The Labute approximate surface area is 141 Å². The minimum atomic E-state index is 0.493. The van der Waals surface area contributed by atoms with Crippen LogP contribution in [0, 0.1) is 5.92 Å². The minimum absolute atomic E-state index is 0.493. The maximum Gasteiger partial charge on any atom is 0.191 e. The first-order valence-electron chi connectivity index (χ1n) is 8.85. The van der Waals surface area contributed by atoms with Gasteiger partial charge >= 0.3 is 0 Å². The van der Waals surface area contributed by atoms with Crippen LogP contribution in [0.4, 0.5) is 0 Å². The second-order valence-corrected chi connectivity index (χ2v) is 6.90. The SMILES string of the molecule is CN=C(NCCC(C)C)NCC(C)N1CCc2ccccc2C1. The van der Waals surface area contributed by atoms with Crippen molar-refractivity contribution < 1.29 is 0 Å². The lowest BCUT2D eigenvalue weighted by molar-refractivity contribution is 0.191. The van der Waals surface area contributed by atoms with Crippen molar-refractivity contribution in [1.29, 1.82) is 0 Å². The van der Waals surface area contributed by atoms with E-state index in [-0.39, 0.29) is 0 Å². The van der Waals surface area contributed by atoms with Crippen LogP contribution in [0.3, 0.4) is 0 Å². The maximum atomic E-state index is 4.31. The highest BCUT2D eigenvalue weighted by molar-refractivity contribution is 5.79. The van der Waals surface area contributed by atoms with Crippen LogP contribution in [0.2, 0.25) is 0 Å². The molecule has 1 aromatic rings. The molecule has 23 heavy (non-hydrogen) atoms. The molecule has 1 atom stereocenters. The van der Waals surface area contributed by atoms with Crippen LogP contribution in [0.25, 0.3) is 0 Å². The van der Waals surface area contributed by atoms with E-state index in [4.69, 9.17) is 0 Å². The highest BCUT2D eigenvalue weighted by Gasteiger charge is 2.20. The number of hydrogen-bond acceptors (Lipinski definition) is 2. The zero-order valence-corrected chi connectivity index (χ0v) is 15.1. The summed E-state index contributed by atoms with van der Waals surface area (Å²) < 4.78 is 0. The molecule has 1 heterocycles. The third-order valence-electron chi connectivity index (χ3n) is 4.59. The van der Waals surface area contributed by atoms with Gasteiger partial charge < -0.3 is 10.6 Å². The molecule has 0 radical (unpaired) electrons. The van der Waals surface area contributed by atoms with Gasteiger partial charge in [0.25, 0.3) is 0 Å². The number of hydrogen-bond donors (Lipinski definition) is 2. The zero-order chi connectivity index (χ0) is 16.7. The van der Waals surface area contributed by atoms with Crippen LogP contribution >= 0.6 is 0 Å². The van der Waals surface area contributed by atoms with Gasteiger partial charge in [0.15, 0.2) is 5.96 Å². The zero-order valence-electron chi connectivity index (χ0n) is 15.1. The molecule has 0 aliphatic carbocycles. The van der Waals surface area contributed by atoms with Crippen molar-refractivity contribution in [2.24, 2.45) is 10.9 Å². The average molecular weight is 316 g/mol. The van der Waals surface area contributed by atoms with E-state index in [9.17, 15) is 0 Å². The molecule has 1 aliphatic rings. The van der Waals surface area contributed by atoms with E-state index in [0.29, 0.717) is 12.0 Å². The van der Waals surface area contributed by atoms with Gasteiger partial charge in [-0.15, -0.1) is 0 Å². The summed E-state index contributed by atoms with van der Waals surface area (Å²) in [5.41, 5.74) is 2.99. The normalized spacial score (nSPS) is 17.0. The van der Waals surface area contributed by atoms with E-state index in [0.717, 1.165) is 38.6 Å². The van der Waals surface area contributed by atoms with E-state index in [2.05, 4.69) is 65.6 Å². The summed E-state index contributed by atoms with van der Waals surface area (Å²) in [7, 11) is 1.84. The Hall–Kier alpha value is -1.55. The summed E-state index contributed by atoms with van der Waals surface area (Å²) >= 11 is 0. The Morgan fingerprint density at radius 3 is 2.61 bits per heavy atom. The van der Waals surface area contributed by atoms with Gasteiger partial charge in [0.2, 0.25) is 0 Å². The van der Waals surface area contributed by atoms with E-state index in [1.165, 1.54) is 17.5 Å². The molecule has 0 fully saturated rings. The molecule has 2 N–H and O–H groups in total. The van der Waals surface area contributed by atoms with Crippen molar-refractivity contribution in [3.05, 3.63) is 35.4 Å². The van der Waals surface area contributed by atoms with Crippen LogP contribution in [0.15, 0.2) is 29.3 Å². The number of rotatable bonds is 6. The molecule has 2 rings (SSSR count). The molecule has 4 heteroatoms. The molecule has 128 valence electrons. The number of guanidine groups is 1. The third kappa shape index (κ3) is 5.54. The Balaban J connectivity index is 1.77. The van der Waals surface area contributed by atoms with Crippen molar-refractivity contribution in [1.82, 2.24) is 15.5 Å². The lowest BCUT2D eigenvalue weighted by Crippen LogP contribution is -2.47. The van der Waals surface area contributed by atoms with Crippen LogP contribution in [-0.2, 0) is 13.0 Å². The fourth-order valence-corrected chi connectivity index (χ4v) is 2.97. The molecule has 0 aromatic heterocycles. The van der Waals surface area contributed by atoms with Crippen LogP contribution < -0.4 is 10.6 Å². The summed E-state index contributed by atoms with van der Waals surface area (Å²) in [6, 6.07) is 9.30. The Morgan fingerprint density at radius 2 is 1.91 bits per heavy atom. The first-order chi connectivity index (χ1) is 11.1. The molecular formula is C19H32N4. The van der Waals surface area contributed by atoms with Gasteiger partial charge in [0, 0.05) is 39.3 Å². The minimum Gasteiger partial charge on any atom is -0.356 e. The van der Waals surface area contributed by atoms with Crippen LogP contribution in [-0.4, -0.2) is 43.6 Å². The highest BCUT2D eigenvalue weighted by atomic mass is 15.2. The summed E-state index contributed by atoms with van der Waals surface area (Å²) in [5.74, 6) is 1.63. The van der Waals surface area contributed by atoms with Crippen molar-refractivity contribution in [3.8, 4) is 0 Å². The average Bonchev–Trinajstić information content (AvgIpc) is 2.56. The molecule has 0 saturated carbocycles. The Morgan fingerprint density at radius 1 is 1.17 bits per heavy atom. The smallest absolute Gasteiger partial charge is 0.191 e. The quantitative estimate of drug-likeness (QED) is 0.626. The lowest BCUT2D eigenvalue weighted by atomic mass is 9.99.